The lowest BCUT2D eigenvalue weighted by Crippen LogP contribution is -2.59. The van der Waals surface area contributed by atoms with Crippen molar-refractivity contribution in [1.29, 1.82) is 0 Å². The van der Waals surface area contributed by atoms with Gasteiger partial charge in [-0.25, -0.2) is 0 Å². The Kier molecular flexibility index (Phi) is 6.37. The van der Waals surface area contributed by atoms with Crippen molar-refractivity contribution < 1.29 is 14.3 Å². The van der Waals surface area contributed by atoms with Crippen LogP contribution < -0.4 is 10.2 Å². The number of rotatable bonds is 6. The van der Waals surface area contributed by atoms with Crippen LogP contribution in [0.3, 0.4) is 0 Å². The van der Waals surface area contributed by atoms with Crippen LogP contribution >= 0.6 is 0 Å². The van der Waals surface area contributed by atoms with Gasteiger partial charge in [0.2, 0.25) is 11.8 Å². The lowest BCUT2D eigenvalue weighted by Gasteiger charge is -2.39. The number of nitrogens with one attached hydrogen (secondary N) is 1. The normalized spacial score (nSPS) is 25.9. The predicted octanol–water partition coefficient (Wildman–Crippen LogP) is 1.74. The smallest absolute Gasteiger partial charge is 0.241 e. The third-order valence-electron chi connectivity index (χ3n) is 6.91. The molecule has 2 atom stereocenters. The Bertz CT molecular complexity index is 840. The van der Waals surface area contributed by atoms with E-state index in [1.54, 1.807) is 7.11 Å². The van der Waals surface area contributed by atoms with Gasteiger partial charge in [-0.2, -0.15) is 0 Å². The molecule has 1 aromatic rings. The highest BCUT2D eigenvalue weighted by atomic mass is 16.5. The number of nitrogens with zero attached hydrogens (tertiary/aromatic N) is 3. The zero-order valence-electron chi connectivity index (χ0n) is 19.3. The largest absolute Gasteiger partial charge is 0.383 e. The molecule has 1 N–H and O–H groups in total. The van der Waals surface area contributed by atoms with E-state index in [2.05, 4.69) is 49.2 Å². The van der Waals surface area contributed by atoms with Crippen molar-refractivity contribution in [2.24, 2.45) is 0 Å². The minimum Gasteiger partial charge on any atom is -0.383 e. The van der Waals surface area contributed by atoms with Gasteiger partial charge in [0.1, 0.15) is 0 Å². The van der Waals surface area contributed by atoms with Crippen LogP contribution in [0.2, 0.25) is 0 Å². The summed E-state index contributed by atoms with van der Waals surface area (Å²) in [5.41, 5.74) is 3.22. The van der Waals surface area contributed by atoms with E-state index in [0.717, 1.165) is 37.3 Å². The van der Waals surface area contributed by atoms with E-state index in [0.29, 0.717) is 38.7 Å². The van der Waals surface area contributed by atoms with Crippen LogP contribution in [0.25, 0.3) is 0 Å². The molecule has 7 heteroatoms. The average Bonchev–Trinajstić information content (AvgIpc) is 3.24. The van der Waals surface area contributed by atoms with Crippen molar-refractivity contribution >= 4 is 17.5 Å². The number of carbonyl (C=O) groups excluding carboxylic acids is 2. The number of hydrogen-bond donors (Lipinski definition) is 1. The molecular weight excluding hydrogens is 392 g/mol. The summed E-state index contributed by atoms with van der Waals surface area (Å²) < 4.78 is 5.39. The molecule has 3 aliphatic rings. The molecule has 0 aromatic heterocycles. The second-order valence-corrected chi connectivity index (χ2v) is 9.98. The molecule has 0 radical (unpaired) electrons. The van der Waals surface area contributed by atoms with Crippen molar-refractivity contribution in [3.63, 3.8) is 0 Å². The SMILES string of the molecule is COC[C@H]1CN[C@H](C)CN1CC(=O)N1CC(C)(C)c2ccc(CN3CCCC3=O)cc21. The van der Waals surface area contributed by atoms with Crippen molar-refractivity contribution in [3.8, 4) is 0 Å². The molecule has 31 heavy (non-hydrogen) atoms. The fourth-order valence-corrected chi connectivity index (χ4v) is 5.19. The van der Waals surface area contributed by atoms with E-state index in [1.165, 1.54) is 5.56 Å². The maximum Gasteiger partial charge on any atom is 0.241 e. The maximum absolute atomic E-state index is 13.5. The van der Waals surface area contributed by atoms with Gasteiger partial charge in [-0.05, 0) is 30.5 Å². The summed E-state index contributed by atoms with van der Waals surface area (Å²) in [7, 11) is 1.71. The van der Waals surface area contributed by atoms with Crippen LogP contribution in [0, 0.1) is 0 Å². The number of piperazine rings is 1. The highest BCUT2D eigenvalue weighted by Gasteiger charge is 2.39. The van der Waals surface area contributed by atoms with Crippen molar-refractivity contribution in [3.05, 3.63) is 29.3 Å². The van der Waals surface area contributed by atoms with Crippen LogP contribution in [0.4, 0.5) is 5.69 Å². The van der Waals surface area contributed by atoms with Gasteiger partial charge in [0.15, 0.2) is 0 Å². The lowest BCUT2D eigenvalue weighted by atomic mass is 9.86. The van der Waals surface area contributed by atoms with Crippen LogP contribution in [-0.4, -0.2) is 80.1 Å². The minimum absolute atomic E-state index is 0.0876. The molecule has 1 aromatic carbocycles. The van der Waals surface area contributed by atoms with Gasteiger partial charge >= 0.3 is 0 Å². The molecule has 2 amide bonds. The standard InChI is InChI=1S/C24H36N4O3/c1-17-12-27(19(11-25-17)15-31-4)14-23(30)28-16-24(2,3)20-8-7-18(10-21(20)28)13-26-9-5-6-22(26)29/h7-8,10,17,19,25H,5-6,9,11-16H2,1-4H3/t17-,19-/m1/s1. The number of amides is 2. The van der Waals surface area contributed by atoms with E-state index < -0.39 is 0 Å². The maximum atomic E-state index is 13.5. The van der Waals surface area contributed by atoms with E-state index in [1.807, 2.05) is 9.80 Å². The highest BCUT2D eigenvalue weighted by molar-refractivity contribution is 5.97. The first-order valence-corrected chi connectivity index (χ1v) is 11.5. The molecule has 0 unspecified atom stereocenters. The second kappa shape index (κ2) is 8.88. The molecule has 2 fully saturated rings. The monoisotopic (exact) mass is 428 g/mol. The van der Waals surface area contributed by atoms with Crippen LogP contribution in [0.15, 0.2) is 18.2 Å². The van der Waals surface area contributed by atoms with Crippen molar-refractivity contribution in [2.75, 3.05) is 51.3 Å². The minimum atomic E-state index is -0.0876. The molecule has 2 saturated heterocycles. The van der Waals surface area contributed by atoms with E-state index in [9.17, 15) is 9.59 Å². The van der Waals surface area contributed by atoms with Crippen molar-refractivity contribution in [2.45, 2.75) is 57.7 Å². The molecule has 7 nitrogen and oxygen atoms in total. The Hall–Kier alpha value is -1.96. The molecule has 3 heterocycles. The number of fused-ring (bicyclic) bond motifs is 1. The van der Waals surface area contributed by atoms with Gasteiger partial charge < -0.3 is 19.9 Å². The number of methoxy groups -OCH3 is 1. The Morgan fingerprint density at radius 3 is 2.84 bits per heavy atom. The molecule has 170 valence electrons. The zero-order chi connectivity index (χ0) is 22.2. The number of anilines is 1. The number of likely N-dealkylation sites (tertiary alicyclic amines) is 1. The van der Waals surface area contributed by atoms with Crippen molar-refractivity contribution in [1.82, 2.24) is 15.1 Å². The topological polar surface area (TPSA) is 65.1 Å². The Labute approximate surface area is 185 Å². The zero-order valence-corrected chi connectivity index (χ0v) is 19.3. The summed E-state index contributed by atoms with van der Waals surface area (Å²) in [6, 6.07) is 6.95. The first kappa shape index (κ1) is 22.2. The number of benzene rings is 1. The fourth-order valence-electron chi connectivity index (χ4n) is 5.19. The Morgan fingerprint density at radius 2 is 2.13 bits per heavy atom. The van der Waals surface area contributed by atoms with Crippen LogP contribution in [0.1, 0.15) is 44.7 Å². The lowest BCUT2D eigenvalue weighted by molar-refractivity contribution is -0.128. The summed E-state index contributed by atoms with van der Waals surface area (Å²) in [4.78, 5) is 31.7. The Balaban J connectivity index is 1.53. The first-order valence-electron chi connectivity index (χ1n) is 11.5. The third kappa shape index (κ3) is 4.64. The molecule has 0 aliphatic carbocycles. The fraction of sp³-hybridized carbons (Fsp3) is 0.667. The molecule has 0 spiro atoms. The second-order valence-electron chi connectivity index (χ2n) is 9.98. The summed E-state index contributed by atoms with van der Waals surface area (Å²) in [6.07, 6.45) is 1.58. The summed E-state index contributed by atoms with van der Waals surface area (Å²) >= 11 is 0. The van der Waals surface area contributed by atoms with E-state index in [4.69, 9.17) is 4.74 Å². The van der Waals surface area contributed by atoms with E-state index in [-0.39, 0.29) is 23.3 Å². The third-order valence-corrected chi connectivity index (χ3v) is 6.91. The number of hydrogen-bond acceptors (Lipinski definition) is 5. The summed E-state index contributed by atoms with van der Waals surface area (Å²) in [5, 5.41) is 3.48. The molecule has 0 saturated carbocycles. The first-order chi connectivity index (χ1) is 14.8. The quantitative estimate of drug-likeness (QED) is 0.748. The van der Waals surface area contributed by atoms with Gasteiger partial charge in [0, 0.05) is 69.4 Å². The van der Waals surface area contributed by atoms with Crippen LogP contribution in [-0.2, 0) is 26.3 Å². The number of carbonyl (C=O) groups is 2. The van der Waals surface area contributed by atoms with Crippen LogP contribution in [0.5, 0.6) is 0 Å². The highest BCUT2D eigenvalue weighted by Crippen LogP contribution is 2.41. The summed E-state index contributed by atoms with van der Waals surface area (Å²) in [5.74, 6) is 0.363. The summed E-state index contributed by atoms with van der Waals surface area (Å²) in [6.45, 7) is 11.4. The molecule has 0 bridgehead atoms. The van der Waals surface area contributed by atoms with Gasteiger partial charge in [0.25, 0.3) is 0 Å². The average molecular weight is 429 g/mol. The number of ether oxygens (including phenoxy) is 1. The van der Waals surface area contributed by atoms with Gasteiger partial charge in [-0.15, -0.1) is 0 Å². The molecular formula is C24H36N4O3. The van der Waals surface area contributed by atoms with Gasteiger partial charge in [-0.3, -0.25) is 14.5 Å². The predicted molar refractivity (Wildman–Crippen MR) is 121 cm³/mol. The van der Waals surface area contributed by atoms with Gasteiger partial charge in [0.05, 0.1) is 13.2 Å². The molecule has 3 aliphatic heterocycles. The van der Waals surface area contributed by atoms with Gasteiger partial charge in [-0.1, -0.05) is 26.0 Å². The Morgan fingerprint density at radius 1 is 1.32 bits per heavy atom. The van der Waals surface area contributed by atoms with E-state index >= 15 is 0 Å². The molecule has 4 rings (SSSR count).